The van der Waals surface area contributed by atoms with E-state index in [1.165, 1.54) is 46.6 Å². The van der Waals surface area contributed by atoms with Crippen LogP contribution in [0.5, 0.6) is 0 Å². The SMILES string of the molecule is [CH]1[C](CCc2ccccc2)[CH][C]2C=CC=C[C]12.[CH]1[C](CCc2ccccc2)[CH][C]2C=CC=C[C]12.[Cl][Zr+2][Cl]. The van der Waals surface area contributed by atoms with Crippen LogP contribution in [0.4, 0.5) is 0 Å². The Morgan fingerprint density at radius 1 is 0.432 bits per heavy atom. The third-order valence-corrected chi connectivity index (χ3v) is 6.45. The Morgan fingerprint density at radius 3 is 1.03 bits per heavy atom. The zero-order valence-corrected chi connectivity index (χ0v) is 24.8. The van der Waals surface area contributed by atoms with Gasteiger partial charge >= 0.3 is 37.9 Å². The van der Waals surface area contributed by atoms with E-state index in [9.17, 15) is 0 Å². The zero-order valence-electron chi connectivity index (χ0n) is 20.8. The van der Waals surface area contributed by atoms with Crippen molar-refractivity contribution in [2.24, 2.45) is 0 Å². The Balaban J connectivity index is 0.000000157. The van der Waals surface area contributed by atoms with Gasteiger partial charge in [0.15, 0.2) is 0 Å². The monoisotopic (exact) mass is 598 g/mol. The number of allylic oxidation sites excluding steroid dienone is 8. The molecule has 0 spiro atoms. The van der Waals surface area contributed by atoms with Crippen LogP contribution in [0.25, 0.3) is 0 Å². The summed E-state index contributed by atoms with van der Waals surface area (Å²) in [5.74, 6) is 8.31. The number of halogens is 2. The number of fused-ring (bicyclic) bond motifs is 2. The minimum absolute atomic E-state index is 0.826. The van der Waals surface area contributed by atoms with Gasteiger partial charge in [-0.3, -0.25) is 0 Å². The molecule has 37 heavy (non-hydrogen) atoms. The summed E-state index contributed by atoms with van der Waals surface area (Å²) < 4.78 is 0. The molecule has 4 aliphatic rings. The van der Waals surface area contributed by atoms with Gasteiger partial charge in [-0.2, -0.15) is 0 Å². The normalized spacial score (nSPS) is 19.5. The molecule has 0 aliphatic heterocycles. The van der Waals surface area contributed by atoms with Crippen LogP contribution in [0.15, 0.2) is 109 Å². The second kappa shape index (κ2) is 16.1. The van der Waals surface area contributed by atoms with Crippen LogP contribution < -0.4 is 0 Å². The van der Waals surface area contributed by atoms with Crippen molar-refractivity contribution in [1.29, 1.82) is 0 Å². The first-order valence-electron chi connectivity index (χ1n) is 12.6. The standard InChI is InChI=1S/2C17H15.2ClH.Zr/c2*1-2-6-14(7-3-1)10-11-15-12-16-8-4-5-9-17(16)13-15;;;/h2*1-9,12-13H,10-11H2;2*1H;/q;;;;+4/p-2. The van der Waals surface area contributed by atoms with Gasteiger partial charge in [0.2, 0.25) is 0 Å². The molecule has 2 fully saturated rings. The van der Waals surface area contributed by atoms with E-state index in [1.54, 1.807) is 0 Å². The van der Waals surface area contributed by atoms with E-state index in [0.717, 1.165) is 25.7 Å². The van der Waals surface area contributed by atoms with Crippen LogP contribution >= 0.6 is 17.0 Å². The molecule has 0 atom stereocenters. The first-order valence-corrected chi connectivity index (χ1v) is 18.9. The molecule has 10 radical (unpaired) electrons. The summed E-state index contributed by atoms with van der Waals surface area (Å²) in [5.41, 5.74) is 2.83. The molecule has 6 rings (SSSR count). The summed E-state index contributed by atoms with van der Waals surface area (Å²) in [6, 6.07) is 21.4. The van der Waals surface area contributed by atoms with Crippen LogP contribution in [-0.2, 0) is 33.7 Å². The van der Waals surface area contributed by atoms with Crippen LogP contribution in [0.3, 0.4) is 0 Å². The average molecular weight is 601 g/mol. The van der Waals surface area contributed by atoms with E-state index in [2.05, 4.69) is 135 Å². The van der Waals surface area contributed by atoms with Gasteiger partial charge in [0, 0.05) is 23.7 Å². The number of rotatable bonds is 6. The molecule has 0 unspecified atom stereocenters. The molecule has 2 aromatic rings. The van der Waals surface area contributed by atoms with Crippen molar-refractivity contribution >= 4 is 17.0 Å². The van der Waals surface area contributed by atoms with Gasteiger partial charge in [0.1, 0.15) is 0 Å². The van der Waals surface area contributed by atoms with Gasteiger partial charge in [-0.05, 0) is 74.3 Å². The van der Waals surface area contributed by atoms with Gasteiger partial charge in [-0.15, -0.1) is 0 Å². The minimum atomic E-state index is -0.826. The van der Waals surface area contributed by atoms with Gasteiger partial charge in [0.25, 0.3) is 0 Å². The Labute approximate surface area is 243 Å². The van der Waals surface area contributed by atoms with E-state index < -0.39 is 20.8 Å². The predicted octanol–water partition coefficient (Wildman–Crippen LogP) is 9.16. The van der Waals surface area contributed by atoms with Crippen molar-refractivity contribution in [1.82, 2.24) is 0 Å². The molecule has 2 saturated carbocycles. The van der Waals surface area contributed by atoms with Crippen LogP contribution in [0.2, 0.25) is 0 Å². The zero-order chi connectivity index (χ0) is 25.7. The van der Waals surface area contributed by atoms with Crippen molar-refractivity contribution in [2.45, 2.75) is 25.7 Å². The van der Waals surface area contributed by atoms with Crippen molar-refractivity contribution in [3.63, 3.8) is 0 Å². The Hall–Kier alpha value is -1.14. The molecule has 0 amide bonds. The molecular formula is C34H30Cl2Zr+2. The molecule has 3 heteroatoms. The van der Waals surface area contributed by atoms with Crippen molar-refractivity contribution < 1.29 is 20.8 Å². The average Bonchev–Trinajstić information content (AvgIpc) is 3.56. The molecular weight excluding hydrogens is 571 g/mol. The van der Waals surface area contributed by atoms with Crippen molar-refractivity contribution in [3.05, 3.63) is 182 Å². The molecule has 0 nitrogen and oxygen atoms in total. The molecule has 0 saturated heterocycles. The fourth-order valence-corrected chi connectivity index (χ4v) is 4.59. The second-order valence-electron chi connectivity index (χ2n) is 9.03. The van der Waals surface area contributed by atoms with E-state index >= 15 is 0 Å². The summed E-state index contributed by atoms with van der Waals surface area (Å²) >= 11 is -0.826. The summed E-state index contributed by atoms with van der Waals surface area (Å²) in [5, 5.41) is 0. The topological polar surface area (TPSA) is 0 Å². The fraction of sp³-hybridized carbons (Fsp3) is 0.118. The summed E-state index contributed by atoms with van der Waals surface area (Å²) in [4.78, 5) is 0. The molecule has 0 N–H and O–H groups in total. The fourth-order valence-electron chi connectivity index (χ4n) is 4.59. The molecule has 0 aromatic heterocycles. The predicted molar refractivity (Wildman–Crippen MR) is 154 cm³/mol. The Kier molecular flexibility index (Phi) is 12.5. The molecule has 0 bridgehead atoms. The van der Waals surface area contributed by atoms with Gasteiger partial charge in [-0.1, -0.05) is 109 Å². The Bertz CT molecular complexity index is 903. The maximum atomic E-state index is 4.93. The van der Waals surface area contributed by atoms with E-state index in [-0.39, 0.29) is 0 Å². The third kappa shape index (κ3) is 9.53. The van der Waals surface area contributed by atoms with Gasteiger partial charge < -0.3 is 0 Å². The second-order valence-corrected chi connectivity index (χ2v) is 12.8. The van der Waals surface area contributed by atoms with Gasteiger partial charge in [0.05, 0.1) is 0 Å². The van der Waals surface area contributed by atoms with Crippen molar-refractivity contribution in [3.8, 4) is 0 Å². The Morgan fingerprint density at radius 2 is 0.730 bits per heavy atom. The number of aryl methyl sites for hydroxylation is 2. The summed E-state index contributed by atoms with van der Waals surface area (Å²) in [6.45, 7) is 0. The molecule has 4 aliphatic carbocycles. The quantitative estimate of drug-likeness (QED) is 0.310. The van der Waals surface area contributed by atoms with E-state index in [1.807, 2.05) is 0 Å². The maximum absolute atomic E-state index is 4.93. The van der Waals surface area contributed by atoms with Gasteiger partial charge in [-0.25, -0.2) is 0 Å². The van der Waals surface area contributed by atoms with Crippen LogP contribution in [0.1, 0.15) is 24.0 Å². The molecule has 0 heterocycles. The third-order valence-electron chi connectivity index (χ3n) is 6.45. The number of hydrogen-bond acceptors (Lipinski definition) is 0. The number of hydrogen-bond donors (Lipinski definition) is 0. The van der Waals surface area contributed by atoms with Crippen LogP contribution in [0, 0.1) is 61.2 Å². The van der Waals surface area contributed by atoms with E-state index in [0.29, 0.717) is 0 Å². The summed E-state index contributed by atoms with van der Waals surface area (Å²) in [7, 11) is 9.87. The summed E-state index contributed by atoms with van der Waals surface area (Å²) in [6.07, 6.45) is 30.8. The van der Waals surface area contributed by atoms with E-state index in [4.69, 9.17) is 17.0 Å². The van der Waals surface area contributed by atoms with Crippen LogP contribution in [-0.4, -0.2) is 0 Å². The molecule has 2 aromatic carbocycles. The molecule has 182 valence electrons. The number of benzene rings is 2. The first-order chi connectivity index (χ1) is 18.2. The first kappa shape index (κ1) is 28.9. The van der Waals surface area contributed by atoms with Crippen molar-refractivity contribution in [2.75, 3.05) is 0 Å².